The highest BCUT2D eigenvalue weighted by molar-refractivity contribution is 8.13. The van der Waals surface area contributed by atoms with E-state index in [1.54, 1.807) is 11.8 Å². The fraction of sp³-hybridized carbons (Fsp3) is 0.500. The molecule has 0 bridgehead atoms. The molecule has 6 heteroatoms. The second-order valence-electron chi connectivity index (χ2n) is 5.45. The lowest BCUT2D eigenvalue weighted by atomic mass is 10.1. The third kappa shape index (κ3) is 2.59. The number of aryl methyl sites for hydroxylation is 1. The largest absolute Gasteiger partial charge is 0.348 e. The highest BCUT2D eigenvalue weighted by Crippen LogP contribution is 2.31. The average molecular weight is 310 g/mol. The molecule has 1 aromatic rings. The molecule has 0 N–H and O–H groups in total. The molecule has 2 unspecified atom stereocenters. The van der Waals surface area contributed by atoms with Crippen molar-refractivity contribution >= 4 is 26.8 Å². The van der Waals surface area contributed by atoms with E-state index in [-0.39, 0.29) is 23.6 Å². The first kappa shape index (κ1) is 13.9. The van der Waals surface area contributed by atoms with E-state index < -0.39 is 9.84 Å². The summed E-state index contributed by atoms with van der Waals surface area (Å²) < 4.78 is 23.2. The first-order valence-electron chi connectivity index (χ1n) is 6.65. The van der Waals surface area contributed by atoms with Crippen molar-refractivity contribution in [3.05, 3.63) is 35.4 Å². The Bertz CT molecular complexity index is 655. The van der Waals surface area contributed by atoms with Gasteiger partial charge in [-0.15, -0.1) is 0 Å². The first-order valence-corrected chi connectivity index (χ1v) is 9.45. The van der Waals surface area contributed by atoms with Crippen molar-refractivity contribution in [2.45, 2.75) is 24.8 Å². The van der Waals surface area contributed by atoms with Gasteiger partial charge in [-0.1, -0.05) is 36.0 Å². The average Bonchev–Trinajstić information content (AvgIpc) is 2.83. The molecule has 1 fully saturated rings. The zero-order valence-corrected chi connectivity index (χ0v) is 13.2. The standard InChI is InChI=1S/C14H18N2O2S2/c1-10-5-3-4-6-11(10)7-19-14-15-12-8-20(17,18)9-13(12)16(14)2/h3-6,12-13H,7-9H2,1-2H3. The van der Waals surface area contributed by atoms with E-state index in [4.69, 9.17) is 0 Å². The number of nitrogens with zero attached hydrogens (tertiary/aromatic N) is 2. The van der Waals surface area contributed by atoms with Crippen molar-refractivity contribution in [2.75, 3.05) is 18.6 Å². The molecule has 4 nitrogen and oxygen atoms in total. The van der Waals surface area contributed by atoms with Crippen molar-refractivity contribution in [3.8, 4) is 0 Å². The number of aliphatic imine (C=N–C) groups is 1. The second kappa shape index (κ2) is 5.07. The smallest absolute Gasteiger partial charge is 0.159 e. The molecular formula is C14H18N2O2S2. The molecule has 20 heavy (non-hydrogen) atoms. The van der Waals surface area contributed by atoms with Gasteiger partial charge in [0.1, 0.15) is 0 Å². The summed E-state index contributed by atoms with van der Waals surface area (Å²) in [5, 5.41) is 0.971. The van der Waals surface area contributed by atoms with Crippen molar-refractivity contribution in [2.24, 2.45) is 4.99 Å². The van der Waals surface area contributed by atoms with E-state index in [0.717, 1.165) is 10.9 Å². The number of hydrogen-bond acceptors (Lipinski definition) is 5. The van der Waals surface area contributed by atoms with Gasteiger partial charge in [0.25, 0.3) is 0 Å². The van der Waals surface area contributed by atoms with Crippen LogP contribution in [0.25, 0.3) is 0 Å². The Balaban J connectivity index is 1.69. The van der Waals surface area contributed by atoms with Gasteiger partial charge in [-0.2, -0.15) is 0 Å². The number of fused-ring (bicyclic) bond motifs is 1. The van der Waals surface area contributed by atoms with Crippen LogP contribution >= 0.6 is 11.8 Å². The summed E-state index contributed by atoms with van der Waals surface area (Å²) in [7, 11) is -0.940. The van der Waals surface area contributed by atoms with E-state index in [1.165, 1.54) is 11.1 Å². The summed E-state index contributed by atoms with van der Waals surface area (Å²) in [5.41, 5.74) is 2.59. The molecule has 0 aromatic heterocycles. The number of hydrogen-bond donors (Lipinski definition) is 0. The van der Waals surface area contributed by atoms with E-state index in [1.807, 2.05) is 24.1 Å². The van der Waals surface area contributed by atoms with Crippen molar-refractivity contribution in [1.29, 1.82) is 0 Å². The molecule has 1 saturated heterocycles. The minimum absolute atomic E-state index is 0.0411. The molecule has 2 atom stereocenters. The predicted octanol–water partition coefficient (Wildman–Crippen LogP) is 1.70. The zero-order chi connectivity index (χ0) is 14.3. The van der Waals surface area contributed by atoms with Gasteiger partial charge in [0.15, 0.2) is 15.0 Å². The molecule has 2 aliphatic rings. The third-order valence-electron chi connectivity index (χ3n) is 3.99. The molecule has 0 amide bonds. The lowest BCUT2D eigenvalue weighted by molar-refractivity contribution is 0.410. The van der Waals surface area contributed by atoms with Crippen LogP contribution in [0, 0.1) is 6.92 Å². The maximum atomic E-state index is 11.6. The van der Waals surface area contributed by atoms with Crippen molar-refractivity contribution in [3.63, 3.8) is 0 Å². The Morgan fingerprint density at radius 1 is 1.35 bits per heavy atom. The fourth-order valence-corrected chi connectivity index (χ4v) is 5.81. The van der Waals surface area contributed by atoms with Gasteiger partial charge >= 0.3 is 0 Å². The zero-order valence-electron chi connectivity index (χ0n) is 11.6. The van der Waals surface area contributed by atoms with Crippen LogP contribution < -0.4 is 0 Å². The topological polar surface area (TPSA) is 49.7 Å². The van der Waals surface area contributed by atoms with Crippen LogP contribution in [-0.2, 0) is 15.6 Å². The maximum absolute atomic E-state index is 11.6. The normalized spacial score (nSPS) is 27.5. The Hall–Kier alpha value is -1.01. The summed E-state index contributed by atoms with van der Waals surface area (Å²) in [6.45, 7) is 2.11. The van der Waals surface area contributed by atoms with Gasteiger partial charge < -0.3 is 4.90 Å². The Morgan fingerprint density at radius 3 is 2.80 bits per heavy atom. The number of amidine groups is 1. The molecule has 108 valence electrons. The monoisotopic (exact) mass is 310 g/mol. The number of rotatable bonds is 2. The molecule has 0 spiro atoms. The van der Waals surface area contributed by atoms with Crippen LogP contribution in [0.3, 0.4) is 0 Å². The summed E-state index contributed by atoms with van der Waals surface area (Å²) in [4.78, 5) is 6.64. The summed E-state index contributed by atoms with van der Waals surface area (Å²) in [6.07, 6.45) is 0. The number of thioether (sulfide) groups is 1. The number of sulfone groups is 1. The van der Waals surface area contributed by atoms with Crippen molar-refractivity contribution < 1.29 is 8.42 Å². The quantitative estimate of drug-likeness (QED) is 0.834. The van der Waals surface area contributed by atoms with E-state index >= 15 is 0 Å². The van der Waals surface area contributed by atoms with Crippen LogP contribution in [0.4, 0.5) is 0 Å². The van der Waals surface area contributed by atoms with E-state index in [2.05, 4.69) is 24.0 Å². The summed E-state index contributed by atoms with van der Waals surface area (Å²) >= 11 is 1.70. The summed E-state index contributed by atoms with van der Waals surface area (Å²) in [5.74, 6) is 1.32. The predicted molar refractivity (Wildman–Crippen MR) is 83.9 cm³/mol. The highest BCUT2D eigenvalue weighted by Gasteiger charge is 2.44. The molecule has 0 aliphatic carbocycles. The number of benzene rings is 1. The van der Waals surface area contributed by atoms with E-state index in [9.17, 15) is 8.42 Å². The molecule has 2 heterocycles. The lowest BCUT2D eigenvalue weighted by Crippen LogP contribution is -2.35. The van der Waals surface area contributed by atoms with Gasteiger partial charge in [0, 0.05) is 12.8 Å². The van der Waals surface area contributed by atoms with Gasteiger partial charge in [-0.05, 0) is 18.1 Å². The summed E-state index contributed by atoms with van der Waals surface area (Å²) in [6, 6.07) is 8.30. The molecule has 3 rings (SSSR count). The number of likely N-dealkylation sites (N-methyl/N-ethyl adjacent to an activating group) is 1. The Morgan fingerprint density at radius 2 is 2.10 bits per heavy atom. The maximum Gasteiger partial charge on any atom is 0.159 e. The molecule has 1 aromatic carbocycles. The van der Waals surface area contributed by atoms with Crippen molar-refractivity contribution in [1.82, 2.24) is 4.90 Å². The van der Waals surface area contributed by atoms with Gasteiger partial charge in [-0.25, -0.2) is 8.42 Å². The minimum atomic E-state index is -2.89. The SMILES string of the molecule is Cc1ccccc1CSC1=NC2CS(=O)(=O)CC2N1C. The second-order valence-corrected chi connectivity index (χ2v) is 8.55. The van der Waals surface area contributed by atoms with Crippen LogP contribution in [0.15, 0.2) is 29.3 Å². The third-order valence-corrected chi connectivity index (χ3v) is 6.79. The van der Waals surface area contributed by atoms with Crippen LogP contribution in [0.2, 0.25) is 0 Å². The first-order chi connectivity index (χ1) is 9.46. The molecular weight excluding hydrogens is 292 g/mol. The van der Waals surface area contributed by atoms with Crippen LogP contribution in [0.1, 0.15) is 11.1 Å². The lowest BCUT2D eigenvalue weighted by Gasteiger charge is -2.20. The van der Waals surface area contributed by atoms with Crippen LogP contribution in [0.5, 0.6) is 0 Å². The highest BCUT2D eigenvalue weighted by atomic mass is 32.2. The minimum Gasteiger partial charge on any atom is -0.348 e. The van der Waals surface area contributed by atoms with Gasteiger partial charge in [0.2, 0.25) is 0 Å². The Labute approximate surface area is 124 Å². The molecule has 0 saturated carbocycles. The fourth-order valence-electron chi connectivity index (χ4n) is 2.73. The molecule has 0 radical (unpaired) electrons. The van der Waals surface area contributed by atoms with E-state index in [0.29, 0.717) is 0 Å². The van der Waals surface area contributed by atoms with Crippen LogP contribution in [-0.4, -0.2) is 49.1 Å². The van der Waals surface area contributed by atoms with Gasteiger partial charge in [0.05, 0.1) is 23.6 Å². The van der Waals surface area contributed by atoms with Gasteiger partial charge in [-0.3, -0.25) is 4.99 Å². The molecule has 2 aliphatic heterocycles. The Kier molecular flexibility index (Phi) is 3.54.